The second-order valence-electron chi connectivity index (χ2n) is 5.64. The highest BCUT2D eigenvalue weighted by molar-refractivity contribution is 8.14. The van der Waals surface area contributed by atoms with Crippen LogP contribution in [0.1, 0.15) is 16.8 Å². The first kappa shape index (κ1) is 17.9. The number of carbonyl (C=O) groups excluding carboxylic acids is 3. The molecule has 2 heterocycles. The molecule has 0 radical (unpaired) electrons. The van der Waals surface area contributed by atoms with Crippen molar-refractivity contribution in [3.63, 3.8) is 0 Å². The SMILES string of the molecule is COC(=O)c1ccc(S(=O)(=O)N2CC[C@H](N3C(=O)CSC3=O)C2)cc1. The van der Waals surface area contributed by atoms with E-state index in [9.17, 15) is 22.8 Å². The van der Waals surface area contributed by atoms with Crippen molar-refractivity contribution in [3.8, 4) is 0 Å². The number of carbonyl (C=O) groups is 3. The molecule has 2 fully saturated rings. The number of hydrogen-bond acceptors (Lipinski definition) is 7. The van der Waals surface area contributed by atoms with Gasteiger partial charge in [-0.1, -0.05) is 11.8 Å². The van der Waals surface area contributed by atoms with Crippen LogP contribution in [0.3, 0.4) is 0 Å². The third-order valence-electron chi connectivity index (χ3n) is 4.19. The number of sulfonamides is 1. The monoisotopic (exact) mass is 384 g/mol. The van der Waals surface area contributed by atoms with Gasteiger partial charge in [0.1, 0.15) is 0 Å². The summed E-state index contributed by atoms with van der Waals surface area (Å²) in [6.07, 6.45) is 0.414. The van der Waals surface area contributed by atoms with Crippen molar-refractivity contribution in [2.24, 2.45) is 0 Å². The van der Waals surface area contributed by atoms with E-state index in [1.54, 1.807) is 0 Å². The summed E-state index contributed by atoms with van der Waals surface area (Å²) in [4.78, 5) is 36.2. The van der Waals surface area contributed by atoms with E-state index in [0.29, 0.717) is 6.42 Å². The van der Waals surface area contributed by atoms with Gasteiger partial charge in [0, 0.05) is 13.1 Å². The highest BCUT2D eigenvalue weighted by Crippen LogP contribution is 2.29. The largest absolute Gasteiger partial charge is 0.465 e. The first-order chi connectivity index (χ1) is 11.8. The van der Waals surface area contributed by atoms with E-state index < -0.39 is 22.0 Å². The number of rotatable bonds is 4. The Labute approximate surface area is 149 Å². The molecule has 25 heavy (non-hydrogen) atoms. The Bertz CT molecular complexity index is 805. The molecule has 2 saturated heterocycles. The number of methoxy groups -OCH3 is 1. The van der Waals surface area contributed by atoms with Crippen LogP contribution >= 0.6 is 11.8 Å². The van der Waals surface area contributed by atoms with Gasteiger partial charge >= 0.3 is 5.97 Å². The van der Waals surface area contributed by atoms with Crippen molar-refractivity contribution in [3.05, 3.63) is 29.8 Å². The third kappa shape index (κ3) is 3.29. The molecule has 3 rings (SSSR count). The Balaban J connectivity index is 1.76. The lowest BCUT2D eigenvalue weighted by Crippen LogP contribution is -2.41. The third-order valence-corrected chi connectivity index (χ3v) is 6.90. The van der Waals surface area contributed by atoms with Crippen molar-refractivity contribution in [1.82, 2.24) is 9.21 Å². The molecule has 0 aromatic heterocycles. The average Bonchev–Trinajstić information content (AvgIpc) is 3.21. The minimum Gasteiger partial charge on any atom is -0.465 e. The Hall–Kier alpha value is -1.91. The predicted molar refractivity (Wildman–Crippen MR) is 89.6 cm³/mol. The Kier molecular flexibility index (Phi) is 4.85. The van der Waals surface area contributed by atoms with Crippen molar-refractivity contribution < 1.29 is 27.5 Å². The summed E-state index contributed by atoms with van der Waals surface area (Å²) in [5, 5.41) is -0.323. The van der Waals surface area contributed by atoms with Crippen LogP contribution in [0.2, 0.25) is 0 Å². The number of benzene rings is 1. The zero-order chi connectivity index (χ0) is 18.2. The molecule has 0 spiro atoms. The quantitative estimate of drug-likeness (QED) is 0.712. The van der Waals surface area contributed by atoms with Crippen LogP contribution in [-0.2, 0) is 19.6 Å². The molecule has 1 aromatic rings. The number of esters is 1. The van der Waals surface area contributed by atoms with Gasteiger partial charge in [0.2, 0.25) is 15.9 Å². The summed E-state index contributed by atoms with van der Waals surface area (Å²) in [5.74, 6) is -0.715. The summed E-state index contributed by atoms with van der Waals surface area (Å²) >= 11 is 0.938. The molecular weight excluding hydrogens is 368 g/mol. The molecule has 0 aliphatic carbocycles. The van der Waals surface area contributed by atoms with Crippen LogP contribution in [0.25, 0.3) is 0 Å². The minimum absolute atomic E-state index is 0.0502. The lowest BCUT2D eigenvalue weighted by atomic mass is 10.2. The van der Waals surface area contributed by atoms with E-state index in [0.717, 1.165) is 11.8 Å². The lowest BCUT2D eigenvalue weighted by Gasteiger charge is -2.21. The van der Waals surface area contributed by atoms with E-state index in [1.165, 1.54) is 40.6 Å². The Morgan fingerprint density at radius 3 is 2.48 bits per heavy atom. The van der Waals surface area contributed by atoms with Gasteiger partial charge in [-0.15, -0.1) is 0 Å². The van der Waals surface area contributed by atoms with Gasteiger partial charge in [-0.2, -0.15) is 4.31 Å². The number of hydrogen-bond donors (Lipinski definition) is 0. The topological polar surface area (TPSA) is 101 Å². The van der Waals surface area contributed by atoms with Crippen molar-refractivity contribution >= 4 is 38.9 Å². The fourth-order valence-corrected chi connectivity index (χ4v) is 5.15. The summed E-state index contributed by atoms with van der Waals surface area (Å²) in [5.41, 5.74) is 0.256. The summed E-state index contributed by atoms with van der Waals surface area (Å²) in [6.45, 7) is 0.312. The number of thioether (sulfide) groups is 1. The molecule has 10 heteroatoms. The highest BCUT2D eigenvalue weighted by atomic mass is 32.2. The number of imide groups is 1. The smallest absolute Gasteiger partial charge is 0.337 e. The van der Waals surface area contributed by atoms with Gasteiger partial charge in [0.15, 0.2) is 0 Å². The van der Waals surface area contributed by atoms with Crippen molar-refractivity contribution in [1.29, 1.82) is 0 Å². The van der Waals surface area contributed by atoms with Crippen LogP contribution in [0.15, 0.2) is 29.2 Å². The first-order valence-electron chi connectivity index (χ1n) is 7.52. The van der Waals surface area contributed by atoms with E-state index in [2.05, 4.69) is 4.74 Å². The molecule has 134 valence electrons. The van der Waals surface area contributed by atoms with E-state index in [1.807, 2.05) is 0 Å². The normalized spacial score (nSPS) is 21.8. The summed E-state index contributed by atoms with van der Waals surface area (Å²) in [6, 6.07) is 5.03. The Morgan fingerprint density at radius 2 is 1.92 bits per heavy atom. The maximum absolute atomic E-state index is 12.7. The molecule has 1 aromatic carbocycles. The van der Waals surface area contributed by atoms with Crippen molar-refractivity contribution in [2.75, 3.05) is 26.0 Å². The Morgan fingerprint density at radius 1 is 1.24 bits per heavy atom. The highest BCUT2D eigenvalue weighted by Gasteiger charge is 2.42. The van der Waals surface area contributed by atoms with Crippen LogP contribution in [-0.4, -0.2) is 66.7 Å². The fourth-order valence-electron chi connectivity index (χ4n) is 2.89. The van der Waals surface area contributed by atoms with Gasteiger partial charge in [-0.3, -0.25) is 14.5 Å². The molecule has 2 amide bonds. The number of ether oxygens (including phenoxy) is 1. The fraction of sp³-hybridized carbons (Fsp3) is 0.400. The zero-order valence-electron chi connectivity index (χ0n) is 13.4. The number of nitrogens with zero attached hydrogens (tertiary/aromatic N) is 2. The zero-order valence-corrected chi connectivity index (χ0v) is 15.0. The maximum atomic E-state index is 12.7. The first-order valence-corrected chi connectivity index (χ1v) is 9.94. The molecule has 1 atom stereocenters. The molecule has 2 aliphatic heterocycles. The second-order valence-corrected chi connectivity index (χ2v) is 8.50. The minimum atomic E-state index is -3.76. The molecule has 0 N–H and O–H groups in total. The molecule has 8 nitrogen and oxygen atoms in total. The van der Waals surface area contributed by atoms with E-state index in [-0.39, 0.29) is 40.4 Å². The van der Waals surface area contributed by atoms with Crippen LogP contribution in [0.4, 0.5) is 4.79 Å². The van der Waals surface area contributed by atoms with Crippen LogP contribution in [0, 0.1) is 0 Å². The molecular formula is C15H16N2O6S2. The molecule has 0 unspecified atom stereocenters. The van der Waals surface area contributed by atoms with Gasteiger partial charge < -0.3 is 4.74 Å². The van der Waals surface area contributed by atoms with Crippen LogP contribution in [0.5, 0.6) is 0 Å². The summed E-state index contributed by atoms with van der Waals surface area (Å²) in [7, 11) is -2.51. The van der Waals surface area contributed by atoms with Crippen molar-refractivity contribution in [2.45, 2.75) is 17.4 Å². The molecule has 0 saturated carbocycles. The number of amides is 2. The van der Waals surface area contributed by atoms with Gasteiger partial charge in [0.25, 0.3) is 5.24 Å². The van der Waals surface area contributed by atoms with E-state index in [4.69, 9.17) is 0 Å². The second kappa shape index (κ2) is 6.77. The maximum Gasteiger partial charge on any atom is 0.337 e. The average molecular weight is 384 g/mol. The molecule has 0 bridgehead atoms. The predicted octanol–water partition coefficient (Wildman–Crippen LogP) is 0.932. The van der Waals surface area contributed by atoms with Crippen LogP contribution < -0.4 is 0 Å². The van der Waals surface area contributed by atoms with Gasteiger partial charge in [-0.25, -0.2) is 13.2 Å². The van der Waals surface area contributed by atoms with Gasteiger partial charge in [0.05, 0.1) is 29.4 Å². The standard InChI is InChI=1S/C15H16N2O6S2/c1-23-14(19)10-2-4-12(5-3-10)25(21,22)16-7-6-11(8-16)17-13(18)9-24-15(17)20/h2-5,11H,6-9H2,1H3/t11-/m0/s1. The summed E-state index contributed by atoms with van der Waals surface area (Å²) < 4.78 is 31.3. The van der Waals surface area contributed by atoms with E-state index >= 15 is 0 Å². The van der Waals surface area contributed by atoms with Gasteiger partial charge in [-0.05, 0) is 30.7 Å². The molecule has 2 aliphatic rings. The lowest BCUT2D eigenvalue weighted by molar-refractivity contribution is -0.126.